The minimum Gasteiger partial charge on any atom is -0.265 e. The van der Waals surface area contributed by atoms with Crippen LogP contribution in [0.5, 0.6) is 0 Å². The van der Waals surface area contributed by atoms with Crippen LogP contribution in [0.25, 0.3) is 17.0 Å². The summed E-state index contributed by atoms with van der Waals surface area (Å²) in [6, 6.07) is 5.49. The van der Waals surface area contributed by atoms with Crippen LogP contribution in [-0.4, -0.2) is 24.6 Å². The number of hydrogen-bond donors (Lipinski definition) is 0. The second kappa shape index (κ2) is 3.78. The molecule has 0 radical (unpaired) electrons. The number of nitrogens with zero attached hydrogens (tertiary/aromatic N) is 5. The molecule has 0 aromatic carbocycles. The first-order valence-corrected chi connectivity index (χ1v) is 5.42. The van der Waals surface area contributed by atoms with E-state index in [-0.39, 0.29) is 0 Å². The molecule has 0 saturated heterocycles. The average molecular weight is 246 g/mol. The third-order valence-corrected chi connectivity index (χ3v) is 2.72. The first-order chi connectivity index (χ1) is 8.25. The topological polar surface area (TPSA) is 56.0 Å². The minimum absolute atomic E-state index is 0.402. The summed E-state index contributed by atoms with van der Waals surface area (Å²) in [4.78, 5) is 8.26. The van der Waals surface area contributed by atoms with Crippen LogP contribution in [0.1, 0.15) is 5.69 Å². The molecule has 3 aromatic heterocycles. The number of aromatic nitrogens is 5. The summed E-state index contributed by atoms with van der Waals surface area (Å²) in [5, 5.41) is 8.60. The zero-order chi connectivity index (χ0) is 11.8. The lowest BCUT2D eigenvalue weighted by Gasteiger charge is -2.02. The van der Waals surface area contributed by atoms with Crippen molar-refractivity contribution in [3.05, 3.63) is 41.6 Å². The molecule has 3 rings (SSSR count). The van der Waals surface area contributed by atoms with Gasteiger partial charge in [0.25, 0.3) is 0 Å². The summed E-state index contributed by atoms with van der Waals surface area (Å²) < 4.78 is 1.79. The molecular weight excluding hydrogens is 238 g/mol. The molecule has 5 nitrogen and oxygen atoms in total. The predicted molar refractivity (Wildman–Crippen MR) is 63.8 cm³/mol. The van der Waals surface area contributed by atoms with E-state index in [9.17, 15) is 0 Å². The molecule has 0 spiro atoms. The van der Waals surface area contributed by atoms with Gasteiger partial charge in [-0.15, -0.1) is 10.2 Å². The molecule has 0 bridgehead atoms. The normalized spacial score (nSPS) is 10.9. The Morgan fingerprint density at radius 1 is 1.24 bits per heavy atom. The predicted octanol–water partition coefficient (Wildman–Crippen LogP) is 2.15. The monoisotopic (exact) mass is 245 g/mol. The third kappa shape index (κ3) is 1.64. The highest BCUT2D eigenvalue weighted by Crippen LogP contribution is 2.20. The Labute approximate surface area is 102 Å². The van der Waals surface area contributed by atoms with Crippen molar-refractivity contribution in [3.63, 3.8) is 0 Å². The van der Waals surface area contributed by atoms with Crippen LogP contribution in [0.15, 0.2) is 30.7 Å². The maximum atomic E-state index is 5.80. The Bertz CT molecular complexity index is 691. The largest absolute Gasteiger partial charge is 0.265 e. The van der Waals surface area contributed by atoms with Crippen LogP contribution in [0.3, 0.4) is 0 Å². The van der Waals surface area contributed by atoms with Gasteiger partial charge in [0.1, 0.15) is 11.5 Å². The summed E-state index contributed by atoms with van der Waals surface area (Å²) in [6.07, 6.45) is 3.36. The van der Waals surface area contributed by atoms with Crippen molar-refractivity contribution in [1.82, 2.24) is 24.6 Å². The van der Waals surface area contributed by atoms with E-state index in [1.807, 2.05) is 19.1 Å². The van der Waals surface area contributed by atoms with E-state index in [1.165, 1.54) is 0 Å². The Hall–Kier alpha value is -2.01. The highest BCUT2D eigenvalue weighted by atomic mass is 35.5. The molecule has 0 fully saturated rings. The van der Waals surface area contributed by atoms with Gasteiger partial charge in [-0.05, 0) is 19.1 Å². The summed E-state index contributed by atoms with van der Waals surface area (Å²) in [5.41, 5.74) is 2.50. The quantitative estimate of drug-likeness (QED) is 0.617. The van der Waals surface area contributed by atoms with Gasteiger partial charge in [0.2, 0.25) is 0 Å². The lowest BCUT2D eigenvalue weighted by atomic mass is 10.2. The molecule has 3 aromatic rings. The average Bonchev–Trinajstić information content (AvgIpc) is 2.72. The highest BCUT2D eigenvalue weighted by Gasteiger charge is 2.10. The molecule has 0 aliphatic carbocycles. The van der Waals surface area contributed by atoms with Gasteiger partial charge in [-0.2, -0.15) is 0 Å². The Morgan fingerprint density at radius 3 is 2.94 bits per heavy atom. The van der Waals surface area contributed by atoms with Crippen molar-refractivity contribution in [2.24, 2.45) is 0 Å². The molecule has 0 amide bonds. The van der Waals surface area contributed by atoms with Gasteiger partial charge >= 0.3 is 0 Å². The SMILES string of the molecule is Cc1ncccc1-c1nnc2cc(Cl)ncn12. The lowest BCUT2D eigenvalue weighted by Crippen LogP contribution is -1.94. The van der Waals surface area contributed by atoms with Crippen molar-refractivity contribution < 1.29 is 0 Å². The molecule has 0 unspecified atom stereocenters. The smallest absolute Gasteiger partial charge is 0.171 e. The van der Waals surface area contributed by atoms with E-state index in [1.54, 1.807) is 23.0 Å². The number of halogens is 1. The van der Waals surface area contributed by atoms with Crippen molar-refractivity contribution in [2.75, 3.05) is 0 Å². The molecule has 3 heterocycles. The number of pyridine rings is 1. The highest BCUT2D eigenvalue weighted by molar-refractivity contribution is 6.29. The van der Waals surface area contributed by atoms with E-state index in [0.717, 1.165) is 17.1 Å². The molecule has 0 atom stereocenters. The third-order valence-electron chi connectivity index (χ3n) is 2.51. The van der Waals surface area contributed by atoms with Gasteiger partial charge in [-0.1, -0.05) is 11.6 Å². The van der Waals surface area contributed by atoms with Crippen LogP contribution in [0.4, 0.5) is 0 Å². The number of hydrogen-bond acceptors (Lipinski definition) is 4. The van der Waals surface area contributed by atoms with Gasteiger partial charge in [0.15, 0.2) is 11.5 Å². The van der Waals surface area contributed by atoms with Crippen molar-refractivity contribution in [1.29, 1.82) is 0 Å². The molecule has 0 aliphatic rings. The summed E-state index contributed by atoms with van der Waals surface area (Å²) >= 11 is 5.80. The van der Waals surface area contributed by atoms with E-state index >= 15 is 0 Å². The van der Waals surface area contributed by atoms with Crippen molar-refractivity contribution in [2.45, 2.75) is 6.92 Å². The maximum absolute atomic E-state index is 5.80. The summed E-state index contributed by atoms with van der Waals surface area (Å²) in [7, 11) is 0. The fourth-order valence-corrected chi connectivity index (χ4v) is 1.82. The molecule has 0 aliphatic heterocycles. The second-order valence-corrected chi connectivity index (χ2v) is 3.99. The van der Waals surface area contributed by atoms with E-state index in [4.69, 9.17) is 11.6 Å². The van der Waals surface area contributed by atoms with Crippen LogP contribution >= 0.6 is 11.6 Å². The standard InChI is InChI=1S/C11H8ClN5/c1-7-8(3-2-4-13-7)11-16-15-10-5-9(12)14-6-17(10)11/h2-6H,1H3. The van der Waals surface area contributed by atoms with Crippen LogP contribution < -0.4 is 0 Å². The van der Waals surface area contributed by atoms with E-state index < -0.39 is 0 Å². The molecule has 6 heteroatoms. The maximum Gasteiger partial charge on any atom is 0.171 e. The first kappa shape index (κ1) is 10.2. The van der Waals surface area contributed by atoms with Gasteiger partial charge < -0.3 is 0 Å². The van der Waals surface area contributed by atoms with Crippen LogP contribution in [0, 0.1) is 6.92 Å². The molecule has 0 N–H and O–H groups in total. The summed E-state index contributed by atoms with van der Waals surface area (Å²) in [6.45, 7) is 1.93. The van der Waals surface area contributed by atoms with Gasteiger partial charge in [0, 0.05) is 23.5 Å². The number of aryl methyl sites for hydroxylation is 1. The molecule has 84 valence electrons. The van der Waals surface area contributed by atoms with Gasteiger partial charge in [-0.3, -0.25) is 9.38 Å². The first-order valence-electron chi connectivity index (χ1n) is 5.04. The Balaban J connectivity index is 2.29. The van der Waals surface area contributed by atoms with Crippen LogP contribution in [-0.2, 0) is 0 Å². The zero-order valence-corrected chi connectivity index (χ0v) is 9.76. The number of rotatable bonds is 1. The van der Waals surface area contributed by atoms with E-state index in [2.05, 4.69) is 20.2 Å². The fourth-order valence-electron chi connectivity index (χ4n) is 1.68. The lowest BCUT2D eigenvalue weighted by molar-refractivity contribution is 1.06. The molecule has 17 heavy (non-hydrogen) atoms. The minimum atomic E-state index is 0.402. The van der Waals surface area contributed by atoms with E-state index in [0.29, 0.717) is 10.8 Å². The summed E-state index contributed by atoms with van der Waals surface area (Å²) in [5.74, 6) is 0.717. The number of fused-ring (bicyclic) bond motifs is 1. The molecular formula is C11H8ClN5. The second-order valence-electron chi connectivity index (χ2n) is 3.60. The van der Waals surface area contributed by atoms with Gasteiger partial charge in [-0.25, -0.2) is 4.98 Å². The zero-order valence-electron chi connectivity index (χ0n) is 9.00. The Kier molecular flexibility index (Phi) is 2.26. The van der Waals surface area contributed by atoms with Crippen molar-refractivity contribution >= 4 is 17.2 Å². The van der Waals surface area contributed by atoms with Crippen molar-refractivity contribution in [3.8, 4) is 11.4 Å². The van der Waals surface area contributed by atoms with Crippen LogP contribution in [0.2, 0.25) is 5.15 Å². The Morgan fingerprint density at radius 2 is 2.12 bits per heavy atom. The molecule has 0 saturated carbocycles. The van der Waals surface area contributed by atoms with Gasteiger partial charge in [0.05, 0.1) is 0 Å². The fraction of sp³-hybridized carbons (Fsp3) is 0.0909.